The van der Waals surface area contributed by atoms with E-state index in [1.165, 1.54) is 15.8 Å². The quantitative estimate of drug-likeness (QED) is 0.242. The van der Waals surface area contributed by atoms with Crippen LogP contribution in [0.2, 0.25) is 0 Å². The summed E-state index contributed by atoms with van der Waals surface area (Å²) in [4.78, 5) is 43.4. The van der Waals surface area contributed by atoms with Gasteiger partial charge >= 0.3 is 6.09 Å². The molecule has 2 atom stereocenters. The normalized spacial score (nSPS) is 16.8. The van der Waals surface area contributed by atoms with Crippen molar-refractivity contribution in [3.8, 4) is 11.3 Å². The van der Waals surface area contributed by atoms with Crippen LogP contribution in [0.3, 0.4) is 0 Å². The lowest BCUT2D eigenvalue weighted by atomic mass is 9.88. The van der Waals surface area contributed by atoms with Gasteiger partial charge in [0.2, 0.25) is 5.91 Å². The first kappa shape index (κ1) is 25.2. The smallest absolute Gasteiger partial charge is 0.405 e. The molecule has 4 aromatic rings. The van der Waals surface area contributed by atoms with Gasteiger partial charge in [-0.15, -0.1) is 0 Å². The topological polar surface area (TPSA) is 115 Å². The van der Waals surface area contributed by atoms with Gasteiger partial charge in [-0.05, 0) is 72.7 Å². The predicted octanol–water partition coefficient (Wildman–Crippen LogP) is 5.63. The van der Waals surface area contributed by atoms with Gasteiger partial charge in [-0.25, -0.2) is 4.79 Å². The predicted molar refractivity (Wildman–Crippen MR) is 153 cm³/mol. The maximum Gasteiger partial charge on any atom is 0.405 e. The van der Waals surface area contributed by atoms with Crippen molar-refractivity contribution in [1.82, 2.24) is 15.2 Å². The summed E-state index contributed by atoms with van der Waals surface area (Å²) in [6, 6.07) is 19.2. The number of nitrogens with one attached hydrogen (secondary N) is 3. The van der Waals surface area contributed by atoms with Crippen molar-refractivity contribution >= 4 is 50.4 Å². The van der Waals surface area contributed by atoms with Crippen molar-refractivity contribution in [1.29, 1.82) is 0 Å². The van der Waals surface area contributed by atoms with E-state index in [2.05, 4.69) is 43.7 Å². The molecular formula is C30H27BrN4O4. The van der Waals surface area contributed by atoms with Crippen LogP contribution in [0, 0.1) is 0 Å². The molecule has 6 rings (SSSR count). The number of anilines is 1. The van der Waals surface area contributed by atoms with Crippen molar-refractivity contribution < 1.29 is 19.5 Å². The Balaban J connectivity index is 1.21. The number of hydrogen-bond donors (Lipinski definition) is 4. The van der Waals surface area contributed by atoms with Crippen LogP contribution in [0.1, 0.15) is 35.6 Å². The molecule has 1 aromatic heterocycles. The van der Waals surface area contributed by atoms with E-state index in [4.69, 9.17) is 0 Å². The van der Waals surface area contributed by atoms with Crippen molar-refractivity contribution in [2.24, 2.45) is 0 Å². The highest BCUT2D eigenvalue weighted by Crippen LogP contribution is 2.39. The Hall–Kier alpha value is -4.11. The molecule has 198 valence electrons. The molecule has 1 aliphatic heterocycles. The summed E-state index contributed by atoms with van der Waals surface area (Å²) in [6.45, 7) is 0.394. The van der Waals surface area contributed by atoms with Gasteiger partial charge in [-0.1, -0.05) is 52.3 Å². The van der Waals surface area contributed by atoms with E-state index in [1.807, 2.05) is 24.3 Å². The van der Waals surface area contributed by atoms with E-state index >= 15 is 0 Å². The maximum atomic E-state index is 13.5. The second-order valence-corrected chi connectivity index (χ2v) is 10.9. The number of likely N-dealkylation sites (tertiary alicyclic amines) is 1. The first-order chi connectivity index (χ1) is 18.9. The average Bonchev–Trinajstić information content (AvgIpc) is 3.57. The van der Waals surface area contributed by atoms with Crippen LogP contribution < -0.4 is 10.6 Å². The average molecular weight is 587 g/mol. The molecule has 0 spiro atoms. The van der Waals surface area contributed by atoms with Crippen LogP contribution in [0.15, 0.2) is 71.2 Å². The zero-order valence-corrected chi connectivity index (χ0v) is 22.6. The number of carboxylic acid groups (broad SMARTS) is 1. The molecule has 0 unspecified atom stereocenters. The fourth-order valence-corrected chi connectivity index (χ4v) is 6.20. The van der Waals surface area contributed by atoms with Crippen LogP contribution in [0.5, 0.6) is 0 Å². The van der Waals surface area contributed by atoms with Crippen LogP contribution >= 0.6 is 15.9 Å². The molecule has 2 heterocycles. The first-order valence-electron chi connectivity index (χ1n) is 13.0. The molecule has 1 fully saturated rings. The zero-order valence-electron chi connectivity index (χ0n) is 21.0. The fourth-order valence-electron chi connectivity index (χ4n) is 5.84. The number of aromatic nitrogens is 1. The summed E-state index contributed by atoms with van der Waals surface area (Å²) < 4.78 is 1.05. The van der Waals surface area contributed by atoms with Gasteiger partial charge in [0, 0.05) is 38.9 Å². The van der Waals surface area contributed by atoms with E-state index in [-0.39, 0.29) is 5.91 Å². The summed E-state index contributed by atoms with van der Waals surface area (Å²) in [5, 5.41) is 15.9. The number of amides is 3. The fraction of sp³-hybridized carbons (Fsp3) is 0.233. The Kier molecular flexibility index (Phi) is 6.60. The molecule has 4 N–H and O–H groups in total. The number of carbonyl (C=O) groups excluding carboxylic acids is 2. The lowest BCUT2D eigenvalue weighted by Gasteiger charge is -2.28. The third-order valence-electron chi connectivity index (χ3n) is 7.64. The SMILES string of the molecule is O=C(O)N[C@H](C(=O)N1CCC[C@H]1C(=O)Nc1ccc2c(c1)CCc1c-2[nH]c2ccc(Br)cc12)c1ccccc1. The van der Waals surface area contributed by atoms with Gasteiger partial charge in [0.05, 0.1) is 0 Å². The van der Waals surface area contributed by atoms with Gasteiger partial charge in [0.15, 0.2) is 0 Å². The molecule has 8 nitrogen and oxygen atoms in total. The molecule has 9 heteroatoms. The van der Waals surface area contributed by atoms with Crippen LogP contribution in [0.4, 0.5) is 10.5 Å². The minimum Gasteiger partial charge on any atom is -0.465 e. The minimum atomic E-state index is -1.29. The van der Waals surface area contributed by atoms with Crippen LogP contribution in [0.25, 0.3) is 22.2 Å². The largest absolute Gasteiger partial charge is 0.465 e. The Morgan fingerprint density at radius 1 is 1.03 bits per heavy atom. The van der Waals surface area contributed by atoms with Gasteiger partial charge in [0.25, 0.3) is 5.91 Å². The van der Waals surface area contributed by atoms with E-state index in [0.29, 0.717) is 30.6 Å². The van der Waals surface area contributed by atoms with Crippen molar-refractivity contribution in [3.63, 3.8) is 0 Å². The number of H-pyrrole nitrogens is 1. The Morgan fingerprint density at radius 2 is 1.85 bits per heavy atom. The molecule has 0 bridgehead atoms. The molecule has 3 aromatic carbocycles. The molecule has 0 radical (unpaired) electrons. The van der Waals surface area contributed by atoms with Gasteiger partial charge in [0.1, 0.15) is 12.1 Å². The first-order valence-corrected chi connectivity index (χ1v) is 13.8. The summed E-state index contributed by atoms with van der Waals surface area (Å²) in [6.07, 6.45) is 1.65. The monoisotopic (exact) mass is 586 g/mol. The molecule has 39 heavy (non-hydrogen) atoms. The van der Waals surface area contributed by atoms with Gasteiger partial charge < -0.3 is 25.6 Å². The standard InChI is InChI=1S/C30H27BrN4O4/c31-19-9-13-24-23(16-19)22-11-8-18-15-20(10-12-21(18)27(22)33-24)32-28(36)25-7-4-14-35(25)29(37)26(34-30(38)39)17-5-2-1-3-6-17/h1-3,5-6,9-10,12-13,15-16,25-26,33-34H,4,7-8,11,14H2,(H,32,36)(H,38,39)/t25-,26-/m0/s1. The summed E-state index contributed by atoms with van der Waals surface area (Å²) in [5.74, 6) is -0.695. The van der Waals surface area contributed by atoms with E-state index < -0.39 is 24.1 Å². The summed E-state index contributed by atoms with van der Waals surface area (Å²) in [5.41, 5.74) is 7.03. The number of benzene rings is 3. The van der Waals surface area contributed by atoms with Crippen molar-refractivity contribution in [3.05, 3.63) is 87.9 Å². The third-order valence-corrected chi connectivity index (χ3v) is 8.13. The van der Waals surface area contributed by atoms with Gasteiger partial charge in [-0.3, -0.25) is 9.59 Å². The number of halogens is 1. The van der Waals surface area contributed by atoms with Gasteiger partial charge in [-0.2, -0.15) is 0 Å². The zero-order chi connectivity index (χ0) is 27.1. The highest BCUT2D eigenvalue weighted by Gasteiger charge is 2.38. The number of rotatable bonds is 5. The Labute approximate surface area is 233 Å². The number of aromatic amines is 1. The highest BCUT2D eigenvalue weighted by atomic mass is 79.9. The minimum absolute atomic E-state index is 0.269. The van der Waals surface area contributed by atoms with E-state index in [0.717, 1.165) is 39.7 Å². The van der Waals surface area contributed by atoms with Crippen LogP contribution in [-0.4, -0.2) is 45.5 Å². The molecule has 1 aliphatic carbocycles. The molecule has 1 saturated heterocycles. The summed E-state index contributed by atoms with van der Waals surface area (Å²) in [7, 11) is 0. The highest BCUT2D eigenvalue weighted by molar-refractivity contribution is 9.10. The van der Waals surface area contributed by atoms with E-state index in [1.54, 1.807) is 30.3 Å². The number of hydrogen-bond acceptors (Lipinski definition) is 3. The molecule has 3 amide bonds. The molecule has 2 aliphatic rings. The molecule has 0 saturated carbocycles. The Morgan fingerprint density at radius 3 is 2.64 bits per heavy atom. The lowest BCUT2D eigenvalue weighted by molar-refractivity contribution is -0.138. The number of carbonyl (C=O) groups is 3. The van der Waals surface area contributed by atoms with Crippen molar-refractivity contribution in [2.75, 3.05) is 11.9 Å². The summed E-state index contributed by atoms with van der Waals surface area (Å²) >= 11 is 3.57. The second-order valence-electron chi connectivity index (χ2n) is 10.0. The molecular weight excluding hydrogens is 560 g/mol. The van der Waals surface area contributed by atoms with Crippen LogP contribution in [-0.2, 0) is 22.4 Å². The second kappa shape index (κ2) is 10.2. The lowest BCUT2D eigenvalue weighted by Crippen LogP contribution is -2.48. The van der Waals surface area contributed by atoms with E-state index in [9.17, 15) is 19.5 Å². The third kappa shape index (κ3) is 4.78. The maximum absolute atomic E-state index is 13.5. The number of nitrogens with zero attached hydrogens (tertiary/aromatic N) is 1. The van der Waals surface area contributed by atoms with Crippen molar-refractivity contribution in [2.45, 2.75) is 37.8 Å². The number of aryl methyl sites for hydroxylation is 2. The Bertz CT molecular complexity index is 1600. The number of fused-ring (bicyclic) bond motifs is 5.